The monoisotopic (exact) mass is 345 g/mol. The van der Waals surface area contributed by atoms with E-state index < -0.39 is 24.0 Å². The molecule has 1 aliphatic heterocycles. The van der Waals surface area contributed by atoms with E-state index in [0.717, 1.165) is 14.2 Å². The molecule has 0 N–H and O–H groups in total. The lowest BCUT2D eigenvalue weighted by Gasteiger charge is -2.24. The number of halogens is 4. The number of thiophene rings is 1. The second-order valence-electron chi connectivity index (χ2n) is 3.43. The van der Waals surface area contributed by atoms with Crippen LogP contribution < -0.4 is 0 Å². The Morgan fingerprint density at radius 1 is 1.53 bits per heavy atom. The Morgan fingerprint density at radius 2 is 2.24 bits per heavy atom. The topological polar surface area (TPSA) is 20.3 Å². The predicted molar refractivity (Wildman–Crippen MR) is 65.0 cm³/mol. The zero-order valence-corrected chi connectivity index (χ0v) is 11.5. The van der Waals surface area contributed by atoms with Gasteiger partial charge in [0, 0.05) is 4.47 Å². The number of alkyl halides is 3. The standard InChI is InChI=1S/C9H7BrF3NOS2/c10-5-1-2-16-7(5)8-14(4-9(11,12)13)6(15)3-17-8/h1-2,8H,3-4H2. The summed E-state index contributed by atoms with van der Waals surface area (Å²) in [5, 5.41) is 1.26. The summed E-state index contributed by atoms with van der Waals surface area (Å²) in [7, 11) is 0. The van der Waals surface area contributed by atoms with Gasteiger partial charge in [-0.25, -0.2) is 0 Å². The predicted octanol–water partition coefficient (Wildman–Crippen LogP) is 3.65. The average Bonchev–Trinajstić information content (AvgIpc) is 2.73. The van der Waals surface area contributed by atoms with Crippen molar-refractivity contribution in [2.75, 3.05) is 12.3 Å². The first-order valence-corrected chi connectivity index (χ1v) is 7.31. The summed E-state index contributed by atoms with van der Waals surface area (Å²) < 4.78 is 37.9. The van der Waals surface area contributed by atoms with Crippen molar-refractivity contribution in [2.45, 2.75) is 11.6 Å². The maximum absolute atomic E-state index is 12.4. The first kappa shape index (κ1) is 13.2. The number of amides is 1. The number of carbonyl (C=O) groups is 1. The van der Waals surface area contributed by atoms with Crippen molar-refractivity contribution in [1.82, 2.24) is 4.90 Å². The van der Waals surface area contributed by atoms with Crippen molar-refractivity contribution in [3.8, 4) is 0 Å². The van der Waals surface area contributed by atoms with Gasteiger partial charge in [0.25, 0.3) is 0 Å². The Morgan fingerprint density at radius 3 is 2.76 bits per heavy atom. The van der Waals surface area contributed by atoms with Gasteiger partial charge in [-0.05, 0) is 27.4 Å². The molecule has 0 radical (unpaired) electrons. The third-order valence-corrected chi connectivity index (χ3v) is 5.48. The Balaban J connectivity index is 2.23. The van der Waals surface area contributed by atoms with Crippen LogP contribution in [0.5, 0.6) is 0 Å². The second-order valence-corrected chi connectivity index (χ2v) is 6.30. The Bertz CT molecular complexity index is 434. The van der Waals surface area contributed by atoms with Gasteiger partial charge >= 0.3 is 6.18 Å². The molecule has 0 saturated carbocycles. The Labute approximate surface area is 112 Å². The largest absolute Gasteiger partial charge is 0.406 e. The Kier molecular flexibility index (Phi) is 3.74. The van der Waals surface area contributed by atoms with Crippen LogP contribution in [0.4, 0.5) is 13.2 Å². The molecule has 1 saturated heterocycles. The minimum absolute atomic E-state index is 0.102. The van der Waals surface area contributed by atoms with Crippen molar-refractivity contribution in [3.63, 3.8) is 0 Å². The van der Waals surface area contributed by atoms with Crippen LogP contribution in [0.2, 0.25) is 0 Å². The maximum Gasteiger partial charge on any atom is 0.406 e. The number of hydrogen-bond acceptors (Lipinski definition) is 3. The lowest BCUT2D eigenvalue weighted by molar-refractivity contribution is -0.159. The fourth-order valence-corrected chi connectivity index (χ4v) is 4.74. The minimum atomic E-state index is -4.36. The number of thioether (sulfide) groups is 1. The minimum Gasteiger partial charge on any atom is -0.316 e. The van der Waals surface area contributed by atoms with Crippen LogP contribution in [-0.4, -0.2) is 29.3 Å². The molecule has 1 aromatic rings. The van der Waals surface area contributed by atoms with Crippen LogP contribution in [0.15, 0.2) is 15.9 Å². The van der Waals surface area contributed by atoms with Gasteiger partial charge in [-0.1, -0.05) is 0 Å². The molecule has 2 nitrogen and oxygen atoms in total. The summed E-state index contributed by atoms with van der Waals surface area (Å²) in [6.07, 6.45) is -4.36. The van der Waals surface area contributed by atoms with Gasteiger partial charge in [0.1, 0.15) is 11.9 Å². The van der Waals surface area contributed by atoms with Crippen molar-refractivity contribution in [1.29, 1.82) is 0 Å². The van der Waals surface area contributed by atoms with Gasteiger partial charge in [-0.2, -0.15) is 13.2 Å². The molecule has 2 heterocycles. The molecule has 1 aromatic heterocycles. The summed E-state index contributed by atoms with van der Waals surface area (Å²) in [6.45, 7) is -1.19. The van der Waals surface area contributed by atoms with Crippen LogP contribution >= 0.6 is 39.0 Å². The number of carbonyl (C=O) groups excluding carboxylic acids is 1. The van der Waals surface area contributed by atoms with E-state index >= 15 is 0 Å². The number of nitrogens with zero attached hydrogens (tertiary/aromatic N) is 1. The molecule has 1 atom stereocenters. The molecule has 1 aliphatic rings. The van der Waals surface area contributed by atoms with E-state index in [0.29, 0.717) is 0 Å². The summed E-state index contributed by atoms with van der Waals surface area (Å²) in [6, 6.07) is 1.77. The molecule has 1 unspecified atom stereocenters. The second kappa shape index (κ2) is 4.81. The van der Waals surface area contributed by atoms with E-state index in [1.165, 1.54) is 23.1 Å². The first-order chi connectivity index (χ1) is 7.88. The van der Waals surface area contributed by atoms with Crippen molar-refractivity contribution in [3.05, 3.63) is 20.8 Å². The summed E-state index contributed by atoms with van der Waals surface area (Å²) >= 11 is 5.86. The fraction of sp³-hybridized carbons (Fsp3) is 0.444. The highest BCUT2D eigenvalue weighted by Gasteiger charge is 2.41. The Hall–Kier alpha value is -0.210. The smallest absolute Gasteiger partial charge is 0.316 e. The molecule has 17 heavy (non-hydrogen) atoms. The van der Waals surface area contributed by atoms with Crippen molar-refractivity contribution in [2.24, 2.45) is 0 Å². The highest BCUT2D eigenvalue weighted by molar-refractivity contribution is 9.10. The van der Waals surface area contributed by atoms with Gasteiger partial charge in [-0.15, -0.1) is 23.1 Å². The van der Waals surface area contributed by atoms with Gasteiger partial charge < -0.3 is 4.90 Å². The third-order valence-electron chi connectivity index (χ3n) is 2.19. The zero-order valence-electron chi connectivity index (χ0n) is 8.33. The average molecular weight is 346 g/mol. The molecule has 0 bridgehead atoms. The molecule has 8 heteroatoms. The van der Waals surface area contributed by atoms with Crippen molar-refractivity contribution >= 4 is 44.9 Å². The van der Waals surface area contributed by atoms with Gasteiger partial charge in [0.2, 0.25) is 5.91 Å². The summed E-state index contributed by atoms with van der Waals surface area (Å²) in [5.74, 6) is -0.358. The molecule has 0 aromatic carbocycles. The molecule has 94 valence electrons. The molecule has 1 fully saturated rings. The number of hydrogen-bond donors (Lipinski definition) is 0. The van der Waals surface area contributed by atoms with Gasteiger partial charge in [0.15, 0.2) is 0 Å². The van der Waals surface area contributed by atoms with Crippen LogP contribution in [0, 0.1) is 0 Å². The van der Waals surface area contributed by atoms with E-state index in [4.69, 9.17) is 0 Å². The van der Waals surface area contributed by atoms with E-state index in [1.807, 2.05) is 0 Å². The lowest BCUT2D eigenvalue weighted by Crippen LogP contribution is -2.36. The first-order valence-electron chi connectivity index (χ1n) is 4.59. The zero-order chi connectivity index (χ0) is 12.6. The summed E-state index contributed by atoms with van der Waals surface area (Å²) in [4.78, 5) is 13.1. The third kappa shape index (κ3) is 2.97. The van der Waals surface area contributed by atoms with Crippen LogP contribution in [0.25, 0.3) is 0 Å². The van der Waals surface area contributed by atoms with Crippen LogP contribution in [0.3, 0.4) is 0 Å². The quantitative estimate of drug-likeness (QED) is 0.815. The van der Waals surface area contributed by atoms with Gasteiger partial charge in [0.05, 0.1) is 10.6 Å². The summed E-state index contributed by atoms with van der Waals surface area (Å²) in [5.41, 5.74) is 0. The lowest BCUT2D eigenvalue weighted by atomic mass is 10.4. The van der Waals surface area contributed by atoms with Gasteiger partial charge in [-0.3, -0.25) is 4.79 Å². The highest BCUT2D eigenvalue weighted by atomic mass is 79.9. The molecule has 0 spiro atoms. The molecular formula is C9H7BrF3NOS2. The molecular weight excluding hydrogens is 339 g/mol. The van der Waals surface area contributed by atoms with E-state index in [2.05, 4.69) is 15.9 Å². The maximum atomic E-state index is 12.4. The van der Waals surface area contributed by atoms with E-state index in [1.54, 1.807) is 11.4 Å². The van der Waals surface area contributed by atoms with Crippen LogP contribution in [-0.2, 0) is 4.79 Å². The van der Waals surface area contributed by atoms with Crippen LogP contribution in [0.1, 0.15) is 10.3 Å². The van der Waals surface area contributed by atoms with Crippen molar-refractivity contribution < 1.29 is 18.0 Å². The molecule has 1 amide bonds. The van der Waals surface area contributed by atoms with E-state index in [-0.39, 0.29) is 5.75 Å². The molecule has 0 aliphatic carbocycles. The van der Waals surface area contributed by atoms with E-state index in [9.17, 15) is 18.0 Å². The number of rotatable bonds is 2. The SMILES string of the molecule is O=C1CSC(c2sccc2Br)N1CC(F)(F)F. The molecule has 2 rings (SSSR count). The normalized spacial score (nSPS) is 21.3. The fourth-order valence-electron chi connectivity index (χ4n) is 1.52. The highest BCUT2D eigenvalue weighted by Crippen LogP contribution is 2.44.